The number of carbonyl (C=O) groups is 1. The molecule has 0 heterocycles. The minimum absolute atomic E-state index is 0.0802. The number of hydrogen-bond acceptors (Lipinski definition) is 4. The standard InChI is InChI=1S/C25H27Cl2N.C22H28Cl2N2O.C11H15Cl2N/c26-17-20-28(21-18-27)19-16-25(22-10-4-1-5-11-22,23-12-6-2-7-13-23)24-14-8-3-9-15-24;1-25(2)21(27)22(19-9-5-3-6-10-19,20-11-7-4-8-12-20)13-16-26(17-14-23)18-15-24;12-6-8-14(9-7-13)10-11-4-2-1-3-5-11/h1-15H,16-21H2;3-12H,13-18H2,1-2H3;1-5H,6-10H2. The molecule has 0 fully saturated rings. The molecule has 0 saturated heterocycles. The van der Waals surface area contributed by atoms with Gasteiger partial charge in [0, 0.05) is 101 Å². The Balaban J connectivity index is 0.000000238. The minimum Gasteiger partial charge on any atom is -0.348 e. The first-order chi connectivity index (χ1) is 33.7. The molecule has 5 nitrogen and oxygen atoms in total. The van der Waals surface area contributed by atoms with Gasteiger partial charge in [-0.3, -0.25) is 9.69 Å². The highest BCUT2D eigenvalue weighted by atomic mass is 35.5. The summed E-state index contributed by atoms with van der Waals surface area (Å²) in [5, 5.41) is 0. The van der Waals surface area contributed by atoms with E-state index in [1.807, 2.05) is 80.8 Å². The van der Waals surface area contributed by atoms with E-state index >= 15 is 0 Å². The van der Waals surface area contributed by atoms with E-state index in [0.717, 1.165) is 76.5 Å². The van der Waals surface area contributed by atoms with Crippen LogP contribution in [-0.2, 0) is 22.2 Å². The normalized spacial score (nSPS) is 11.5. The fraction of sp³-hybridized carbons (Fsp3) is 0.362. The summed E-state index contributed by atoms with van der Waals surface area (Å²) in [6.45, 7) is 7.59. The van der Waals surface area contributed by atoms with Crippen molar-refractivity contribution in [2.75, 3.05) is 102 Å². The van der Waals surface area contributed by atoms with Crippen LogP contribution in [0.4, 0.5) is 0 Å². The van der Waals surface area contributed by atoms with Crippen LogP contribution in [0.2, 0.25) is 0 Å². The molecule has 6 aromatic carbocycles. The van der Waals surface area contributed by atoms with E-state index in [4.69, 9.17) is 69.6 Å². The second kappa shape index (κ2) is 33.1. The van der Waals surface area contributed by atoms with Crippen LogP contribution in [0.25, 0.3) is 0 Å². The highest BCUT2D eigenvalue weighted by Crippen LogP contribution is 2.42. The van der Waals surface area contributed by atoms with Crippen molar-refractivity contribution in [3.05, 3.63) is 215 Å². The van der Waals surface area contributed by atoms with Crippen LogP contribution < -0.4 is 0 Å². The van der Waals surface area contributed by atoms with Crippen LogP contribution >= 0.6 is 69.6 Å². The fourth-order valence-corrected chi connectivity index (χ4v) is 10.3. The maximum Gasteiger partial charge on any atom is 0.237 e. The average molecular weight is 1050 g/mol. The van der Waals surface area contributed by atoms with Gasteiger partial charge in [0.15, 0.2) is 0 Å². The van der Waals surface area contributed by atoms with Gasteiger partial charge in [0.25, 0.3) is 0 Å². The van der Waals surface area contributed by atoms with Crippen molar-refractivity contribution in [3.8, 4) is 0 Å². The molecule has 0 spiro atoms. The number of halogens is 6. The lowest BCUT2D eigenvalue weighted by Crippen LogP contribution is -2.47. The van der Waals surface area contributed by atoms with E-state index in [9.17, 15) is 4.79 Å². The quantitative estimate of drug-likeness (QED) is 0.0400. The molecule has 6 rings (SSSR count). The summed E-state index contributed by atoms with van der Waals surface area (Å²) in [7, 11) is 3.64. The lowest BCUT2D eigenvalue weighted by molar-refractivity contribution is -0.133. The van der Waals surface area contributed by atoms with E-state index in [1.165, 1.54) is 22.3 Å². The third-order valence-corrected chi connectivity index (χ3v) is 13.4. The lowest BCUT2D eigenvalue weighted by atomic mass is 9.67. The summed E-state index contributed by atoms with van der Waals surface area (Å²) in [6.07, 6.45) is 1.62. The molecule has 1 amide bonds. The first-order valence-corrected chi connectivity index (χ1v) is 27.0. The fourth-order valence-electron chi connectivity index (χ4n) is 8.89. The Hall–Kier alpha value is -3.59. The Morgan fingerprint density at radius 1 is 0.362 bits per heavy atom. The number of carbonyl (C=O) groups excluding carboxylic acids is 1. The molecule has 0 bridgehead atoms. The van der Waals surface area contributed by atoms with E-state index in [-0.39, 0.29) is 11.3 Å². The minimum atomic E-state index is -0.747. The first kappa shape index (κ1) is 58.0. The molecule has 0 N–H and O–H groups in total. The molecule has 370 valence electrons. The molecule has 69 heavy (non-hydrogen) atoms. The molecule has 0 atom stereocenters. The van der Waals surface area contributed by atoms with E-state index in [2.05, 4.69) is 130 Å². The Kier molecular flexibility index (Phi) is 27.8. The van der Waals surface area contributed by atoms with Crippen molar-refractivity contribution in [1.29, 1.82) is 0 Å². The van der Waals surface area contributed by atoms with Crippen molar-refractivity contribution < 1.29 is 4.79 Å². The predicted octanol–water partition coefficient (Wildman–Crippen LogP) is 13.4. The molecule has 0 radical (unpaired) electrons. The topological polar surface area (TPSA) is 30.0 Å². The number of nitrogens with zero attached hydrogens (tertiary/aromatic N) is 4. The molecule has 0 unspecified atom stereocenters. The van der Waals surface area contributed by atoms with Gasteiger partial charge in [-0.15, -0.1) is 69.6 Å². The molecular formula is C58H70Cl6N4O. The molecule has 0 aromatic heterocycles. The van der Waals surface area contributed by atoms with E-state index < -0.39 is 5.41 Å². The highest BCUT2D eigenvalue weighted by molar-refractivity contribution is 6.19. The first-order valence-electron chi connectivity index (χ1n) is 23.8. The molecule has 6 aromatic rings. The van der Waals surface area contributed by atoms with Crippen LogP contribution in [0.1, 0.15) is 46.2 Å². The number of rotatable bonds is 26. The summed E-state index contributed by atoms with van der Waals surface area (Å²) in [5.41, 5.74) is 6.28. The van der Waals surface area contributed by atoms with Crippen LogP contribution in [0.15, 0.2) is 182 Å². The Morgan fingerprint density at radius 2 is 0.638 bits per heavy atom. The average Bonchev–Trinajstić information content (AvgIpc) is 3.39. The zero-order valence-electron chi connectivity index (χ0n) is 40.3. The Labute approximate surface area is 444 Å². The summed E-state index contributed by atoms with van der Waals surface area (Å²) in [5.74, 6) is 3.71. The molecule has 0 saturated carbocycles. The van der Waals surface area contributed by atoms with Gasteiger partial charge in [-0.1, -0.05) is 182 Å². The monoisotopic (exact) mass is 1050 g/mol. The molecule has 11 heteroatoms. The van der Waals surface area contributed by atoms with Crippen LogP contribution in [-0.4, -0.2) is 127 Å². The van der Waals surface area contributed by atoms with E-state index in [0.29, 0.717) is 41.7 Å². The number of benzene rings is 6. The summed E-state index contributed by atoms with van der Waals surface area (Å²) in [4.78, 5) is 22.1. The van der Waals surface area contributed by atoms with Gasteiger partial charge in [0.1, 0.15) is 5.41 Å². The molecule has 0 aliphatic carbocycles. The molecule has 0 aliphatic rings. The molecular weight excluding hydrogens is 981 g/mol. The zero-order chi connectivity index (χ0) is 49.6. The third-order valence-electron chi connectivity index (χ3n) is 12.4. The van der Waals surface area contributed by atoms with Gasteiger partial charge in [0.05, 0.1) is 0 Å². The van der Waals surface area contributed by atoms with Gasteiger partial charge in [-0.05, 0) is 59.3 Å². The van der Waals surface area contributed by atoms with Crippen molar-refractivity contribution >= 4 is 75.5 Å². The Morgan fingerprint density at radius 3 is 0.942 bits per heavy atom. The number of amides is 1. The second-order valence-corrected chi connectivity index (χ2v) is 19.2. The van der Waals surface area contributed by atoms with Gasteiger partial charge >= 0.3 is 0 Å². The number of likely N-dealkylation sites (N-methyl/N-ethyl adjacent to an activating group) is 1. The van der Waals surface area contributed by atoms with Gasteiger partial charge in [-0.25, -0.2) is 0 Å². The van der Waals surface area contributed by atoms with Crippen molar-refractivity contribution in [1.82, 2.24) is 19.6 Å². The number of hydrogen-bond donors (Lipinski definition) is 0. The smallest absolute Gasteiger partial charge is 0.237 e. The Bertz CT molecular complexity index is 2060. The number of alkyl halides is 6. The van der Waals surface area contributed by atoms with Crippen LogP contribution in [0.3, 0.4) is 0 Å². The van der Waals surface area contributed by atoms with Crippen molar-refractivity contribution in [2.45, 2.75) is 30.2 Å². The third kappa shape index (κ3) is 17.9. The second-order valence-electron chi connectivity index (χ2n) is 16.9. The van der Waals surface area contributed by atoms with Gasteiger partial charge < -0.3 is 14.7 Å². The van der Waals surface area contributed by atoms with Crippen LogP contribution in [0, 0.1) is 0 Å². The largest absolute Gasteiger partial charge is 0.348 e. The molecule has 0 aliphatic heterocycles. The van der Waals surface area contributed by atoms with Crippen LogP contribution in [0.5, 0.6) is 0 Å². The van der Waals surface area contributed by atoms with Gasteiger partial charge in [-0.2, -0.15) is 0 Å². The van der Waals surface area contributed by atoms with E-state index in [1.54, 1.807) is 4.90 Å². The summed E-state index contributed by atoms with van der Waals surface area (Å²) in [6, 6.07) is 62.9. The maximum atomic E-state index is 13.5. The predicted molar refractivity (Wildman–Crippen MR) is 300 cm³/mol. The van der Waals surface area contributed by atoms with Crippen molar-refractivity contribution in [3.63, 3.8) is 0 Å². The maximum absolute atomic E-state index is 13.5. The van der Waals surface area contributed by atoms with Crippen molar-refractivity contribution in [2.24, 2.45) is 0 Å². The lowest BCUT2D eigenvalue weighted by Gasteiger charge is -2.38. The zero-order valence-corrected chi connectivity index (χ0v) is 44.8. The summed E-state index contributed by atoms with van der Waals surface area (Å²) < 4.78 is 0. The summed E-state index contributed by atoms with van der Waals surface area (Å²) >= 11 is 35.5. The SMILES string of the molecule is CN(C)C(=O)C(CCN(CCCl)CCCl)(c1ccccc1)c1ccccc1.ClCCN(CCCl)CCC(c1ccccc1)(c1ccccc1)c1ccccc1.ClCCN(CCCl)Cc1ccccc1. The highest BCUT2D eigenvalue weighted by Gasteiger charge is 2.43. The van der Waals surface area contributed by atoms with Gasteiger partial charge in [0.2, 0.25) is 5.91 Å².